The van der Waals surface area contributed by atoms with E-state index < -0.39 is 10.4 Å². The van der Waals surface area contributed by atoms with Crippen LogP contribution in [0.5, 0.6) is 5.88 Å². The first-order valence-corrected chi connectivity index (χ1v) is 5.44. The first-order chi connectivity index (χ1) is 7.04. The van der Waals surface area contributed by atoms with Crippen molar-refractivity contribution in [2.45, 2.75) is 0 Å². The van der Waals surface area contributed by atoms with Crippen LogP contribution in [0.2, 0.25) is 0 Å². The molecule has 0 bridgehead atoms. The van der Waals surface area contributed by atoms with Gasteiger partial charge in [0.2, 0.25) is 5.88 Å². The van der Waals surface area contributed by atoms with E-state index in [4.69, 9.17) is 4.55 Å². The third-order valence-corrected chi connectivity index (χ3v) is 2.14. The molecule has 0 aliphatic rings. The SMILES string of the molecule is O=S(=O)(O)Oc1ccc2ccccc2n1. The number of hydrogen-bond donors (Lipinski definition) is 1. The van der Waals surface area contributed by atoms with E-state index in [1.807, 2.05) is 12.1 Å². The zero-order valence-electron chi connectivity index (χ0n) is 7.49. The van der Waals surface area contributed by atoms with E-state index in [-0.39, 0.29) is 5.88 Å². The van der Waals surface area contributed by atoms with Crippen LogP contribution in [0.1, 0.15) is 0 Å². The first kappa shape index (κ1) is 9.88. The molecule has 0 amide bonds. The Hall–Kier alpha value is -1.66. The van der Waals surface area contributed by atoms with Crippen molar-refractivity contribution in [3.63, 3.8) is 0 Å². The smallest absolute Gasteiger partial charge is 0.341 e. The summed E-state index contributed by atoms with van der Waals surface area (Å²) in [5.41, 5.74) is 0.596. The monoisotopic (exact) mass is 225 g/mol. The number of para-hydroxylation sites is 1. The molecule has 15 heavy (non-hydrogen) atoms. The number of benzene rings is 1. The number of nitrogens with zero attached hydrogens (tertiary/aromatic N) is 1. The Kier molecular flexibility index (Phi) is 2.29. The Balaban J connectivity index is 2.48. The zero-order chi connectivity index (χ0) is 10.9. The zero-order valence-corrected chi connectivity index (χ0v) is 8.31. The van der Waals surface area contributed by atoms with Gasteiger partial charge in [-0.1, -0.05) is 18.2 Å². The molecule has 0 radical (unpaired) electrons. The molecule has 2 aromatic rings. The van der Waals surface area contributed by atoms with Gasteiger partial charge in [-0.25, -0.2) is 4.98 Å². The lowest BCUT2D eigenvalue weighted by Crippen LogP contribution is -2.07. The van der Waals surface area contributed by atoms with Crippen LogP contribution in [0.4, 0.5) is 0 Å². The summed E-state index contributed by atoms with van der Waals surface area (Å²) >= 11 is 0. The summed E-state index contributed by atoms with van der Waals surface area (Å²) in [6.07, 6.45) is 0. The fourth-order valence-electron chi connectivity index (χ4n) is 1.20. The van der Waals surface area contributed by atoms with Gasteiger partial charge in [-0.2, -0.15) is 8.42 Å². The maximum absolute atomic E-state index is 10.4. The summed E-state index contributed by atoms with van der Waals surface area (Å²) in [5, 5.41) is 0.861. The molecule has 0 spiro atoms. The standard InChI is InChI=1S/C9H7NO4S/c11-15(12,13)14-9-6-5-7-3-1-2-4-8(7)10-9/h1-6H,(H,11,12,13). The molecule has 0 aliphatic heterocycles. The van der Waals surface area contributed by atoms with E-state index in [0.717, 1.165) is 5.39 Å². The van der Waals surface area contributed by atoms with Gasteiger partial charge in [0, 0.05) is 11.5 Å². The summed E-state index contributed by atoms with van der Waals surface area (Å²) in [5.74, 6) is -0.156. The van der Waals surface area contributed by atoms with E-state index in [0.29, 0.717) is 5.52 Å². The fraction of sp³-hybridized carbons (Fsp3) is 0. The predicted molar refractivity (Wildman–Crippen MR) is 53.9 cm³/mol. The summed E-state index contributed by atoms with van der Waals surface area (Å²) in [7, 11) is -4.51. The number of fused-ring (bicyclic) bond motifs is 1. The Bertz CT molecular complexity index is 594. The third-order valence-electron chi connectivity index (χ3n) is 1.76. The molecule has 5 nitrogen and oxygen atoms in total. The highest BCUT2D eigenvalue weighted by Gasteiger charge is 2.08. The molecule has 1 heterocycles. The van der Waals surface area contributed by atoms with Gasteiger partial charge in [0.25, 0.3) is 0 Å². The molecule has 0 saturated heterocycles. The van der Waals surface area contributed by atoms with Gasteiger partial charge in [0.15, 0.2) is 0 Å². The van der Waals surface area contributed by atoms with Crippen LogP contribution in [0.15, 0.2) is 36.4 Å². The van der Waals surface area contributed by atoms with Crippen LogP contribution in [-0.4, -0.2) is 18.0 Å². The third kappa shape index (κ3) is 2.42. The van der Waals surface area contributed by atoms with Crippen LogP contribution >= 0.6 is 0 Å². The van der Waals surface area contributed by atoms with Crippen LogP contribution in [0, 0.1) is 0 Å². The number of rotatable bonds is 2. The van der Waals surface area contributed by atoms with Crippen molar-refractivity contribution in [2.75, 3.05) is 0 Å². The lowest BCUT2D eigenvalue weighted by Gasteiger charge is -2.01. The first-order valence-electron chi connectivity index (χ1n) is 4.07. The number of pyridine rings is 1. The molecule has 0 aliphatic carbocycles. The summed E-state index contributed by atoms with van der Waals surface area (Å²) in [6, 6.07) is 10.2. The van der Waals surface area contributed by atoms with Gasteiger partial charge in [-0.05, 0) is 12.1 Å². The highest BCUT2D eigenvalue weighted by molar-refractivity contribution is 7.81. The average molecular weight is 225 g/mol. The highest BCUT2D eigenvalue weighted by Crippen LogP contribution is 2.16. The second kappa shape index (κ2) is 3.48. The normalized spacial score (nSPS) is 11.5. The van der Waals surface area contributed by atoms with Crippen LogP contribution in [-0.2, 0) is 10.4 Å². The van der Waals surface area contributed by atoms with Crippen LogP contribution in [0.3, 0.4) is 0 Å². The molecule has 2 rings (SSSR count). The van der Waals surface area contributed by atoms with E-state index >= 15 is 0 Å². The molecule has 6 heteroatoms. The lowest BCUT2D eigenvalue weighted by atomic mass is 10.2. The Morgan fingerprint density at radius 1 is 1.13 bits per heavy atom. The van der Waals surface area contributed by atoms with Crippen molar-refractivity contribution < 1.29 is 17.2 Å². The quantitative estimate of drug-likeness (QED) is 0.782. The maximum atomic E-state index is 10.4. The summed E-state index contributed by atoms with van der Waals surface area (Å²) in [4.78, 5) is 3.90. The van der Waals surface area contributed by atoms with Crippen molar-refractivity contribution >= 4 is 21.3 Å². The summed E-state index contributed by atoms with van der Waals surface area (Å²) in [6.45, 7) is 0. The van der Waals surface area contributed by atoms with E-state index in [9.17, 15) is 8.42 Å². The van der Waals surface area contributed by atoms with Gasteiger partial charge in [0.1, 0.15) is 0 Å². The maximum Gasteiger partial charge on any atom is 0.447 e. The molecule has 0 fully saturated rings. The van der Waals surface area contributed by atoms with E-state index in [1.165, 1.54) is 6.07 Å². The van der Waals surface area contributed by atoms with Crippen molar-refractivity contribution in [2.24, 2.45) is 0 Å². The topological polar surface area (TPSA) is 76.5 Å². The summed E-state index contributed by atoms with van der Waals surface area (Å²) < 4.78 is 33.5. The largest absolute Gasteiger partial charge is 0.447 e. The Labute approximate surface area is 86.3 Å². The minimum absolute atomic E-state index is 0.156. The van der Waals surface area contributed by atoms with Gasteiger partial charge in [0.05, 0.1) is 5.52 Å². The molecule has 78 valence electrons. The average Bonchev–Trinajstić information content (AvgIpc) is 2.15. The second-order valence-electron chi connectivity index (χ2n) is 2.85. The van der Waals surface area contributed by atoms with Crippen molar-refractivity contribution in [3.05, 3.63) is 36.4 Å². The minimum atomic E-state index is -4.51. The molecular weight excluding hydrogens is 218 g/mol. The predicted octanol–water partition coefficient (Wildman–Crippen LogP) is 1.42. The fourth-order valence-corrected chi connectivity index (χ4v) is 1.51. The molecule has 1 aromatic heterocycles. The second-order valence-corrected chi connectivity index (χ2v) is 3.88. The minimum Gasteiger partial charge on any atom is -0.341 e. The number of aromatic nitrogens is 1. The molecule has 0 unspecified atom stereocenters. The Morgan fingerprint density at radius 2 is 1.87 bits per heavy atom. The van der Waals surface area contributed by atoms with Crippen molar-refractivity contribution in [1.82, 2.24) is 4.98 Å². The van der Waals surface area contributed by atoms with Crippen LogP contribution < -0.4 is 4.18 Å². The van der Waals surface area contributed by atoms with Gasteiger partial charge < -0.3 is 4.18 Å². The van der Waals surface area contributed by atoms with Gasteiger partial charge >= 0.3 is 10.4 Å². The van der Waals surface area contributed by atoms with E-state index in [2.05, 4.69) is 9.17 Å². The Morgan fingerprint density at radius 3 is 2.60 bits per heavy atom. The lowest BCUT2D eigenvalue weighted by molar-refractivity contribution is 0.381. The van der Waals surface area contributed by atoms with Crippen molar-refractivity contribution in [1.29, 1.82) is 0 Å². The van der Waals surface area contributed by atoms with Gasteiger partial charge in [-0.15, -0.1) is 0 Å². The molecule has 1 aromatic carbocycles. The van der Waals surface area contributed by atoms with Gasteiger partial charge in [-0.3, -0.25) is 4.55 Å². The van der Waals surface area contributed by atoms with Crippen molar-refractivity contribution in [3.8, 4) is 5.88 Å². The van der Waals surface area contributed by atoms with E-state index in [1.54, 1.807) is 18.2 Å². The number of hydrogen-bond acceptors (Lipinski definition) is 4. The molecular formula is C9H7NO4S. The molecule has 0 saturated carbocycles. The molecule has 1 N–H and O–H groups in total. The highest BCUT2D eigenvalue weighted by atomic mass is 32.3. The van der Waals surface area contributed by atoms with Crippen LogP contribution in [0.25, 0.3) is 10.9 Å². The molecule has 0 atom stereocenters.